The van der Waals surface area contributed by atoms with Crippen molar-refractivity contribution in [1.82, 2.24) is 9.80 Å². The van der Waals surface area contributed by atoms with E-state index in [1.807, 2.05) is 14.1 Å². The highest BCUT2D eigenvalue weighted by molar-refractivity contribution is 8.13. The second-order valence-corrected chi connectivity index (χ2v) is 9.27. The molecule has 0 aromatic carbocycles. The lowest BCUT2D eigenvalue weighted by Gasteiger charge is -2.32. The van der Waals surface area contributed by atoms with Crippen LogP contribution in [-0.4, -0.2) is 63.6 Å². The molecule has 19 heavy (non-hydrogen) atoms. The van der Waals surface area contributed by atoms with Gasteiger partial charge in [-0.3, -0.25) is 4.79 Å². The van der Waals surface area contributed by atoms with Gasteiger partial charge in [-0.1, -0.05) is 13.8 Å². The second-order valence-electron chi connectivity index (χ2n) is 6.45. The van der Waals surface area contributed by atoms with Crippen LogP contribution >= 0.6 is 10.7 Å². The van der Waals surface area contributed by atoms with E-state index >= 15 is 0 Å². The van der Waals surface area contributed by atoms with Gasteiger partial charge in [-0.25, -0.2) is 8.42 Å². The molecule has 0 spiro atoms. The Morgan fingerprint density at radius 1 is 1.42 bits per heavy atom. The Labute approximate surface area is 120 Å². The summed E-state index contributed by atoms with van der Waals surface area (Å²) in [6.07, 6.45) is 0.282. The summed E-state index contributed by atoms with van der Waals surface area (Å²) in [5.41, 5.74) is -0.0200. The molecule has 1 unspecified atom stereocenters. The van der Waals surface area contributed by atoms with Crippen LogP contribution in [0.25, 0.3) is 0 Å². The number of hydrogen-bond donors (Lipinski definition) is 0. The van der Waals surface area contributed by atoms with E-state index in [-0.39, 0.29) is 29.4 Å². The van der Waals surface area contributed by atoms with Crippen molar-refractivity contribution in [3.63, 3.8) is 0 Å². The van der Waals surface area contributed by atoms with Gasteiger partial charge in [-0.2, -0.15) is 0 Å². The van der Waals surface area contributed by atoms with Crippen molar-refractivity contribution < 1.29 is 13.2 Å². The fourth-order valence-electron chi connectivity index (χ4n) is 2.82. The Morgan fingerprint density at radius 2 is 2.00 bits per heavy atom. The third-order valence-corrected chi connectivity index (χ3v) is 4.34. The first-order valence-electron chi connectivity index (χ1n) is 6.33. The summed E-state index contributed by atoms with van der Waals surface area (Å²) < 4.78 is 22.1. The molecular formula is C12H23ClN2O3S. The van der Waals surface area contributed by atoms with Crippen LogP contribution in [0.2, 0.25) is 0 Å². The van der Waals surface area contributed by atoms with Gasteiger partial charge in [0.25, 0.3) is 0 Å². The average molecular weight is 311 g/mol. The van der Waals surface area contributed by atoms with E-state index in [1.165, 1.54) is 0 Å². The normalized spacial score (nSPS) is 21.5. The van der Waals surface area contributed by atoms with E-state index in [4.69, 9.17) is 10.7 Å². The summed E-state index contributed by atoms with van der Waals surface area (Å²) in [4.78, 5) is 15.8. The molecule has 0 aliphatic carbocycles. The second kappa shape index (κ2) is 5.97. The number of hydrogen-bond acceptors (Lipinski definition) is 4. The Balaban J connectivity index is 2.59. The predicted molar refractivity (Wildman–Crippen MR) is 76.7 cm³/mol. The van der Waals surface area contributed by atoms with Crippen molar-refractivity contribution in [1.29, 1.82) is 0 Å². The zero-order valence-corrected chi connectivity index (χ0v) is 13.6. The minimum atomic E-state index is -3.53. The molecule has 1 heterocycles. The summed E-state index contributed by atoms with van der Waals surface area (Å²) >= 11 is 0. The SMILES string of the molecule is CN(C)CC(C)(C)CN1CC(CS(=O)(=O)Cl)CC1=O. The molecular weight excluding hydrogens is 288 g/mol. The molecule has 1 saturated heterocycles. The molecule has 5 nitrogen and oxygen atoms in total. The maximum absolute atomic E-state index is 11.9. The van der Waals surface area contributed by atoms with Crippen LogP contribution in [0.1, 0.15) is 20.3 Å². The number of carbonyl (C=O) groups excluding carboxylic acids is 1. The van der Waals surface area contributed by atoms with E-state index in [0.717, 1.165) is 6.54 Å². The molecule has 0 radical (unpaired) electrons. The van der Waals surface area contributed by atoms with Gasteiger partial charge < -0.3 is 9.80 Å². The molecule has 0 saturated carbocycles. The fourth-order valence-corrected chi connectivity index (χ4v) is 4.14. The number of carbonyl (C=O) groups is 1. The Bertz CT molecular complexity index is 434. The Hall–Kier alpha value is -0.330. The zero-order chi connectivity index (χ0) is 14.8. The van der Waals surface area contributed by atoms with Crippen molar-refractivity contribution in [2.45, 2.75) is 20.3 Å². The maximum Gasteiger partial charge on any atom is 0.232 e. The third kappa shape index (κ3) is 6.10. The Kier molecular flexibility index (Phi) is 5.26. The van der Waals surface area contributed by atoms with Gasteiger partial charge in [-0.15, -0.1) is 0 Å². The monoisotopic (exact) mass is 310 g/mol. The van der Waals surface area contributed by atoms with E-state index < -0.39 is 9.05 Å². The van der Waals surface area contributed by atoms with Crippen molar-refractivity contribution in [2.75, 3.05) is 39.5 Å². The number of nitrogens with zero attached hydrogens (tertiary/aromatic N) is 2. The molecule has 7 heteroatoms. The van der Waals surface area contributed by atoms with Gasteiger partial charge in [0.05, 0.1) is 5.75 Å². The first kappa shape index (κ1) is 16.7. The number of halogens is 1. The molecule has 0 N–H and O–H groups in total. The third-order valence-electron chi connectivity index (χ3n) is 3.09. The molecule has 1 atom stereocenters. The highest BCUT2D eigenvalue weighted by Gasteiger charge is 2.35. The van der Waals surface area contributed by atoms with Crippen LogP contribution in [0.15, 0.2) is 0 Å². The number of likely N-dealkylation sites (tertiary alicyclic amines) is 1. The molecule has 1 amide bonds. The zero-order valence-electron chi connectivity index (χ0n) is 12.0. The molecule has 1 fully saturated rings. The molecule has 112 valence electrons. The van der Waals surface area contributed by atoms with Crippen LogP contribution in [-0.2, 0) is 13.8 Å². The number of rotatable bonds is 6. The van der Waals surface area contributed by atoms with Crippen molar-refractivity contribution in [2.24, 2.45) is 11.3 Å². The number of amides is 1. The van der Waals surface area contributed by atoms with E-state index in [0.29, 0.717) is 13.1 Å². The summed E-state index contributed by atoms with van der Waals surface area (Å²) in [5.74, 6) is -0.271. The van der Waals surface area contributed by atoms with Gasteiger partial charge in [0.1, 0.15) is 0 Å². The van der Waals surface area contributed by atoms with Crippen molar-refractivity contribution in [3.8, 4) is 0 Å². The quantitative estimate of drug-likeness (QED) is 0.687. The van der Waals surface area contributed by atoms with Crippen LogP contribution in [0.3, 0.4) is 0 Å². The minimum Gasteiger partial charge on any atom is -0.342 e. The predicted octanol–water partition coefficient (Wildman–Crippen LogP) is 0.991. The highest BCUT2D eigenvalue weighted by atomic mass is 35.7. The highest BCUT2D eigenvalue weighted by Crippen LogP contribution is 2.25. The van der Waals surface area contributed by atoms with E-state index in [1.54, 1.807) is 4.90 Å². The first-order chi connectivity index (χ1) is 8.48. The Morgan fingerprint density at radius 3 is 2.47 bits per heavy atom. The minimum absolute atomic E-state index is 0.0200. The van der Waals surface area contributed by atoms with Crippen LogP contribution < -0.4 is 0 Å². The lowest BCUT2D eigenvalue weighted by atomic mass is 9.92. The molecule has 1 aliphatic rings. The lowest BCUT2D eigenvalue weighted by molar-refractivity contribution is -0.129. The van der Waals surface area contributed by atoms with Crippen LogP contribution in [0.4, 0.5) is 0 Å². The van der Waals surface area contributed by atoms with E-state index in [2.05, 4.69) is 18.7 Å². The van der Waals surface area contributed by atoms with Gasteiger partial charge in [0, 0.05) is 42.7 Å². The van der Waals surface area contributed by atoms with Crippen LogP contribution in [0, 0.1) is 11.3 Å². The topological polar surface area (TPSA) is 57.7 Å². The molecule has 0 aromatic heterocycles. The van der Waals surface area contributed by atoms with Crippen molar-refractivity contribution >= 4 is 25.6 Å². The summed E-state index contributed by atoms with van der Waals surface area (Å²) in [5, 5.41) is 0. The van der Waals surface area contributed by atoms with Gasteiger partial charge in [0.2, 0.25) is 15.0 Å². The standard InChI is InChI=1S/C12H23ClN2O3S/c1-12(2,8-14(3)4)9-15-6-10(5-11(15)16)7-19(13,17)18/h10H,5-9H2,1-4H3. The smallest absolute Gasteiger partial charge is 0.232 e. The van der Waals surface area contributed by atoms with Crippen molar-refractivity contribution in [3.05, 3.63) is 0 Å². The van der Waals surface area contributed by atoms with Crippen LogP contribution in [0.5, 0.6) is 0 Å². The van der Waals surface area contributed by atoms with Gasteiger partial charge >= 0.3 is 0 Å². The molecule has 0 bridgehead atoms. The average Bonchev–Trinajstić information content (AvgIpc) is 2.39. The molecule has 1 aliphatic heterocycles. The fraction of sp³-hybridized carbons (Fsp3) is 0.917. The van der Waals surface area contributed by atoms with E-state index in [9.17, 15) is 13.2 Å². The summed E-state index contributed by atoms with van der Waals surface area (Å²) in [6.45, 7) is 6.21. The molecule has 0 aromatic rings. The maximum atomic E-state index is 11.9. The van der Waals surface area contributed by atoms with Gasteiger partial charge in [0.15, 0.2) is 0 Å². The van der Waals surface area contributed by atoms with Gasteiger partial charge in [-0.05, 0) is 19.5 Å². The largest absolute Gasteiger partial charge is 0.342 e. The summed E-state index contributed by atoms with van der Waals surface area (Å²) in [7, 11) is 5.71. The summed E-state index contributed by atoms with van der Waals surface area (Å²) in [6, 6.07) is 0. The first-order valence-corrected chi connectivity index (χ1v) is 8.81. The lowest BCUT2D eigenvalue weighted by Crippen LogP contribution is -2.41. The molecule has 1 rings (SSSR count).